The molecule has 0 atom stereocenters. The zero-order valence-electron chi connectivity index (χ0n) is 8.48. The van der Waals surface area contributed by atoms with Crippen molar-refractivity contribution < 1.29 is 17.6 Å². The largest absolute Gasteiger partial charge is 0.396 e. The molecule has 7 heteroatoms. The number of anilines is 2. The summed E-state index contributed by atoms with van der Waals surface area (Å²) in [6.07, 6.45) is -2.31. The van der Waals surface area contributed by atoms with E-state index in [1.807, 2.05) is 0 Å². The molecule has 3 nitrogen and oxygen atoms in total. The van der Waals surface area contributed by atoms with Gasteiger partial charge in [0.15, 0.2) is 0 Å². The van der Waals surface area contributed by atoms with Gasteiger partial charge in [0, 0.05) is 6.20 Å². The fraction of sp³-hybridized carbons (Fsp3) is 0.444. The number of nitrogens with one attached hydrogen (secondary N) is 1. The van der Waals surface area contributed by atoms with Gasteiger partial charge in [-0.25, -0.2) is 13.8 Å². The molecule has 1 aromatic heterocycles. The number of aryl methyl sites for hydroxylation is 1. The van der Waals surface area contributed by atoms with E-state index in [2.05, 4.69) is 10.3 Å². The zero-order valence-corrected chi connectivity index (χ0v) is 8.48. The lowest BCUT2D eigenvalue weighted by Gasteiger charge is -2.16. The Hall–Kier alpha value is -1.53. The van der Waals surface area contributed by atoms with Gasteiger partial charge < -0.3 is 11.1 Å². The van der Waals surface area contributed by atoms with E-state index in [0.29, 0.717) is 0 Å². The van der Waals surface area contributed by atoms with Gasteiger partial charge in [0.2, 0.25) is 0 Å². The number of alkyl halides is 4. The number of nitrogens with two attached hydrogens (primary N) is 1. The Bertz CT molecular complexity index is 368. The first-order chi connectivity index (χ1) is 7.33. The van der Waals surface area contributed by atoms with Crippen LogP contribution >= 0.6 is 0 Å². The van der Waals surface area contributed by atoms with Crippen LogP contribution in [-0.2, 0) is 0 Å². The summed E-state index contributed by atoms with van der Waals surface area (Å²) in [4.78, 5) is 3.73. The number of aromatic nitrogens is 1. The van der Waals surface area contributed by atoms with Crippen LogP contribution in [0.3, 0.4) is 0 Å². The lowest BCUT2D eigenvalue weighted by Crippen LogP contribution is -2.35. The van der Waals surface area contributed by atoms with Crippen LogP contribution in [-0.4, -0.2) is 23.9 Å². The minimum atomic E-state index is -4.10. The molecule has 0 radical (unpaired) electrons. The molecule has 16 heavy (non-hydrogen) atoms. The van der Waals surface area contributed by atoms with Crippen molar-refractivity contribution in [1.82, 2.24) is 4.98 Å². The van der Waals surface area contributed by atoms with Crippen LogP contribution in [0.2, 0.25) is 0 Å². The normalized spacial score (nSPS) is 11.9. The van der Waals surface area contributed by atoms with Crippen LogP contribution in [0.5, 0.6) is 0 Å². The van der Waals surface area contributed by atoms with Gasteiger partial charge in [-0.2, -0.15) is 8.78 Å². The Kier molecular flexibility index (Phi) is 3.56. The number of nitrogen functional groups attached to an aromatic ring is 1. The second-order valence-corrected chi connectivity index (χ2v) is 3.37. The third-order valence-electron chi connectivity index (χ3n) is 1.86. The summed E-state index contributed by atoms with van der Waals surface area (Å²) < 4.78 is 48.8. The molecule has 0 bridgehead atoms. The maximum absolute atomic E-state index is 12.6. The Labute approximate surface area is 89.7 Å². The number of hydrogen-bond acceptors (Lipinski definition) is 3. The first-order valence-electron chi connectivity index (χ1n) is 4.45. The molecule has 3 N–H and O–H groups in total. The van der Waals surface area contributed by atoms with Crippen LogP contribution in [0.4, 0.5) is 29.1 Å². The van der Waals surface area contributed by atoms with E-state index < -0.39 is 18.9 Å². The summed E-state index contributed by atoms with van der Waals surface area (Å²) in [5.74, 6) is -4.12. The summed E-state index contributed by atoms with van der Waals surface area (Å²) in [7, 11) is 0. The lowest BCUT2D eigenvalue weighted by atomic mass is 10.3. The molecule has 1 aromatic rings. The van der Waals surface area contributed by atoms with Crippen LogP contribution in [0, 0.1) is 6.92 Å². The van der Waals surface area contributed by atoms with Crippen molar-refractivity contribution in [2.24, 2.45) is 0 Å². The molecule has 0 saturated carbocycles. The SMILES string of the molecule is Cc1cnc(NCC(F)(F)C(F)F)c(N)c1. The fourth-order valence-electron chi connectivity index (χ4n) is 1.02. The van der Waals surface area contributed by atoms with Crippen molar-refractivity contribution in [3.63, 3.8) is 0 Å². The predicted molar refractivity (Wildman–Crippen MR) is 52.8 cm³/mol. The monoisotopic (exact) mass is 237 g/mol. The van der Waals surface area contributed by atoms with Gasteiger partial charge in [0.05, 0.1) is 12.2 Å². The molecule has 0 spiro atoms. The number of halogens is 4. The van der Waals surface area contributed by atoms with Crippen molar-refractivity contribution in [3.05, 3.63) is 17.8 Å². The van der Waals surface area contributed by atoms with Gasteiger partial charge in [0.1, 0.15) is 5.82 Å². The van der Waals surface area contributed by atoms with Crippen LogP contribution in [0.15, 0.2) is 12.3 Å². The second kappa shape index (κ2) is 4.54. The van der Waals surface area contributed by atoms with E-state index in [4.69, 9.17) is 5.73 Å². The van der Waals surface area contributed by atoms with Gasteiger partial charge in [-0.1, -0.05) is 0 Å². The molecule has 0 saturated heterocycles. The molecule has 0 aliphatic rings. The quantitative estimate of drug-likeness (QED) is 0.790. The molecular weight excluding hydrogens is 226 g/mol. The number of pyridine rings is 1. The standard InChI is InChI=1S/C9H11F4N3/c1-5-2-6(14)7(15-3-5)16-4-9(12,13)8(10)11/h2-3,8H,4,14H2,1H3,(H,15,16). The smallest absolute Gasteiger partial charge is 0.324 e. The van der Waals surface area contributed by atoms with Crippen LogP contribution in [0.25, 0.3) is 0 Å². The van der Waals surface area contributed by atoms with Crippen molar-refractivity contribution in [2.45, 2.75) is 19.3 Å². The summed E-state index contributed by atoms with van der Waals surface area (Å²) >= 11 is 0. The zero-order chi connectivity index (χ0) is 12.3. The summed E-state index contributed by atoms with van der Waals surface area (Å²) in [6, 6.07) is 1.51. The molecule has 0 amide bonds. The van der Waals surface area contributed by atoms with Crippen LogP contribution < -0.4 is 11.1 Å². The Morgan fingerprint density at radius 2 is 2.12 bits per heavy atom. The average Bonchev–Trinajstić information content (AvgIpc) is 2.16. The van der Waals surface area contributed by atoms with E-state index in [9.17, 15) is 17.6 Å². The highest BCUT2D eigenvalue weighted by Crippen LogP contribution is 2.24. The molecule has 0 aliphatic heterocycles. The third kappa shape index (κ3) is 2.98. The minimum absolute atomic E-state index is 0.0223. The minimum Gasteiger partial charge on any atom is -0.396 e. The summed E-state index contributed by atoms with van der Waals surface area (Å²) in [5, 5.41) is 2.10. The molecule has 0 fully saturated rings. The maximum atomic E-state index is 12.6. The maximum Gasteiger partial charge on any atom is 0.324 e. The molecule has 0 aromatic carbocycles. The number of nitrogens with zero attached hydrogens (tertiary/aromatic N) is 1. The Morgan fingerprint density at radius 1 is 1.50 bits per heavy atom. The Balaban J connectivity index is 2.68. The molecule has 90 valence electrons. The summed E-state index contributed by atoms with van der Waals surface area (Å²) in [6.45, 7) is 0.520. The molecule has 1 rings (SSSR count). The van der Waals surface area contributed by atoms with Gasteiger partial charge in [-0.3, -0.25) is 0 Å². The molecular formula is C9H11F4N3. The van der Waals surface area contributed by atoms with E-state index in [-0.39, 0.29) is 11.5 Å². The highest BCUT2D eigenvalue weighted by atomic mass is 19.3. The highest BCUT2D eigenvalue weighted by molar-refractivity contribution is 5.61. The highest BCUT2D eigenvalue weighted by Gasteiger charge is 2.40. The first-order valence-corrected chi connectivity index (χ1v) is 4.45. The van der Waals surface area contributed by atoms with E-state index >= 15 is 0 Å². The van der Waals surface area contributed by atoms with Gasteiger partial charge in [0.25, 0.3) is 0 Å². The number of hydrogen-bond donors (Lipinski definition) is 2. The van der Waals surface area contributed by atoms with Gasteiger partial charge in [-0.15, -0.1) is 0 Å². The van der Waals surface area contributed by atoms with Crippen molar-refractivity contribution >= 4 is 11.5 Å². The predicted octanol–water partition coefficient (Wildman–Crippen LogP) is 2.28. The molecule has 0 unspecified atom stereocenters. The Morgan fingerprint density at radius 3 is 2.62 bits per heavy atom. The average molecular weight is 237 g/mol. The van der Waals surface area contributed by atoms with Gasteiger partial charge in [-0.05, 0) is 18.6 Å². The first kappa shape index (κ1) is 12.5. The molecule has 1 heterocycles. The van der Waals surface area contributed by atoms with E-state index in [1.165, 1.54) is 12.3 Å². The topological polar surface area (TPSA) is 50.9 Å². The van der Waals surface area contributed by atoms with Crippen molar-refractivity contribution in [2.75, 3.05) is 17.6 Å². The summed E-state index contributed by atoms with van der Waals surface area (Å²) in [5.41, 5.74) is 6.37. The van der Waals surface area contributed by atoms with E-state index in [1.54, 1.807) is 6.92 Å². The third-order valence-corrected chi connectivity index (χ3v) is 1.86. The fourth-order valence-corrected chi connectivity index (χ4v) is 1.02. The van der Waals surface area contributed by atoms with Crippen molar-refractivity contribution in [3.8, 4) is 0 Å². The van der Waals surface area contributed by atoms with Gasteiger partial charge >= 0.3 is 12.3 Å². The van der Waals surface area contributed by atoms with Crippen molar-refractivity contribution in [1.29, 1.82) is 0 Å². The second-order valence-electron chi connectivity index (χ2n) is 3.37. The lowest BCUT2D eigenvalue weighted by molar-refractivity contribution is -0.117. The molecule has 0 aliphatic carbocycles. The van der Waals surface area contributed by atoms with E-state index in [0.717, 1.165) is 5.56 Å². The van der Waals surface area contributed by atoms with Crippen LogP contribution in [0.1, 0.15) is 5.56 Å². The number of rotatable bonds is 4.